The van der Waals surface area contributed by atoms with Crippen molar-refractivity contribution in [2.24, 2.45) is 5.92 Å². The first-order chi connectivity index (χ1) is 16.0. The first-order valence-corrected chi connectivity index (χ1v) is 11.8. The Balaban J connectivity index is 1.92. The molecule has 1 heterocycles. The van der Waals surface area contributed by atoms with E-state index in [1.54, 1.807) is 0 Å². The number of hydrogen-bond acceptors (Lipinski definition) is 7. The van der Waals surface area contributed by atoms with E-state index in [1.165, 1.54) is 30.3 Å². The van der Waals surface area contributed by atoms with Gasteiger partial charge in [0.15, 0.2) is 11.5 Å². The van der Waals surface area contributed by atoms with E-state index in [2.05, 4.69) is 4.85 Å². The lowest BCUT2D eigenvalue weighted by Crippen LogP contribution is -2.48. The lowest BCUT2D eigenvalue weighted by molar-refractivity contribution is -0.0647. The molecule has 0 saturated carbocycles. The maximum absolute atomic E-state index is 14.3. The zero-order chi connectivity index (χ0) is 25.1. The third-order valence-corrected chi connectivity index (χ3v) is 7.11. The van der Waals surface area contributed by atoms with Crippen molar-refractivity contribution < 1.29 is 32.5 Å². The first-order valence-electron chi connectivity index (χ1n) is 10.4. The molecule has 2 N–H and O–H groups in total. The molecule has 9 nitrogen and oxygen atoms in total. The second kappa shape index (κ2) is 9.95. The molecule has 0 aromatic heterocycles. The molecule has 0 bridgehead atoms. The molecule has 0 radical (unpaired) electrons. The number of nitriles is 1. The van der Waals surface area contributed by atoms with Gasteiger partial charge in [-0.05, 0) is 36.2 Å². The van der Waals surface area contributed by atoms with Crippen molar-refractivity contribution in [2.75, 3.05) is 26.3 Å². The molecule has 180 valence electrons. The van der Waals surface area contributed by atoms with Gasteiger partial charge >= 0.3 is 0 Å². The second-order valence-corrected chi connectivity index (χ2v) is 10.3. The van der Waals surface area contributed by atoms with Crippen molar-refractivity contribution in [3.8, 4) is 17.6 Å². The summed E-state index contributed by atoms with van der Waals surface area (Å²) in [6.07, 6.45) is -1.26. The number of aliphatic hydroxyl groups excluding tert-OH is 1. The minimum atomic E-state index is -4.09. The summed E-state index contributed by atoms with van der Waals surface area (Å²) >= 11 is 0. The van der Waals surface area contributed by atoms with Gasteiger partial charge in [-0.2, -0.15) is 9.57 Å². The molecule has 1 aliphatic rings. The van der Waals surface area contributed by atoms with Gasteiger partial charge < -0.3 is 19.7 Å². The number of nitrogens with zero attached hydrogens (tertiary/aromatic N) is 3. The Hall–Kier alpha value is -3.22. The molecule has 2 aromatic carbocycles. The molecule has 0 unspecified atom stereocenters. The standard InChI is InChI=1S/C23H24FN3O6S/c1-15(2)12-32-20-9-19(26-3)18(24)8-21(20)33-22-11-27(13-23(22,29)14-28)34(30,31)17-6-4-16(10-25)5-7-17/h4-9,15,22,28-29H,11-14H2,1-2H3/t22-,23+/m0/s1. The van der Waals surface area contributed by atoms with Gasteiger partial charge in [-0.1, -0.05) is 13.8 Å². The Morgan fingerprint density at radius 3 is 2.56 bits per heavy atom. The van der Waals surface area contributed by atoms with Gasteiger partial charge in [-0.3, -0.25) is 0 Å². The van der Waals surface area contributed by atoms with Crippen molar-refractivity contribution in [1.29, 1.82) is 5.26 Å². The summed E-state index contributed by atoms with van der Waals surface area (Å²) in [5.74, 6) is -0.812. The molecular weight excluding hydrogens is 465 g/mol. The average Bonchev–Trinajstić information content (AvgIpc) is 3.16. The third-order valence-electron chi connectivity index (χ3n) is 5.29. The normalized spacial score (nSPS) is 20.6. The fraction of sp³-hybridized carbons (Fsp3) is 0.391. The Bertz CT molecular complexity index is 1240. The summed E-state index contributed by atoms with van der Waals surface area (Å²) in [5, 5.41) is 29.7. The van der Waals surface area contributed by atoms with Crippen molar-refractivity contribution >= 4 is 15.7 Å². The lowest BCUT2D eigenvalue weighted by atomic mass is 10.0. The number of β-amino-alcohol motifs (C(OH)–C–C–N with tert-alkyl or cyclic N) is 1. The molecule has 0 spiro atoms. The minimum absolute atomic E-state index is 0.0646. The van der Waals surface area contributed by atoms with E-state index in [4.69, 9.17) is 21.3 Å². The molecule has 0 aliphatic carbocycles. The second-order valence-electron chi connectivity index (χ2n) is 8.37. The summed E-state index contributed by atoms with van der Waals surface area (Å²) in [6, 6.07) is 9.29. The summed E-state index contributed by atoms with van der Waals surface area (Å²) in [5.41, 5.74) is -1.98. The SMILES string of the molecule is [C-]#[N+]c1cc(OCC(C)C)c(O[C@H]2CN(S(=O)(=O)c3ccc(C#N)cc3)C[C@@]2(O)CO)cc1F. The number of rotatable bonds is 8. The van der Waals surface area contributed by atoms with E-state index in [-0.39, 0.29) is 46.7 Å². The van der Waals surface area contributed by atoms with E-state index in [0.717, 1.165) is 10.4 Å². The van der Waals surface area contributed by atoms with Crippen LogP contribution in [0.4, 0.5) is 10.1 Å². The third kappa shape index (κ3) is 5.13. The highest BCUT2D eigenvalue weighted by Gasteiger charge is 2.51. The first kappa shape index (κ1) is 25.4. The molecule has 2 atom stereocenters. The highest BCUT2D eigenvalue weighted by atomic mass is 32.2. The molecule has 1 fully saturated rings. The summed E-state index contributed by atoms with van der Waals surface area (Å²) < 4.78 is 52.9. The van der Waals surface area contributed by atoms with Gasteiger partial charge in [0, 0.05) is 12.6 Å². The minimum Gasteiger partial charge on any atom is -0.491 e. The van der Waals surface area contributed by atoms with E-state index >= 15 is 0 Å². The van der Waals surface area contributed by atoms with Crippen LogP contribution >= 0.6 is 0 Å². The van der Waals surface area contributed by atoms with Crippen molar-refractivity contribution in [2.45, 2.75) is 30.4 Å². The van der Waals surface area contributed by atoms with Gasteiger partial charge in [0.05, 0.1) is 42.9 Å². The van der Waals surface area contributed by atoms with Crippen LogP contribution in [0.25, 0.3) is 4.85 Å². The number of hydrogen-bond donors (Lipinski definition) is 2. The molecule has 1 saturated heterocycles. The molecule has 3 rings (SSSR count). The molecule has 34 heavy (non-hydrogen) atoms. The Kier molecular flexibility index (Phi) is 7.44. The number of sulfonamides is 1. The van der Waals surface area contributed by atoms with Gasteiger partial charge in [-0.25, -0.2) is 17.7 Å². The maximum atomic E-state index is 14.3. The lowest BCUT2D eigenvalue weighted by Gasteiger charge is -2.28. The Morgan fingerprint density at radius 1 is 1.32 bits per heavy atom. The predicted molar refractivity (Wildman–Crippen MR) is 119 cm³/mol. The average molecular weight is 490 g/mol. The topological polar surface area (TPSA) is 124 Å². The maximum Gasteiger partial charge on any atom is 0.243 e. The molecule has 0 amide bonds. The van der Waals surface area contributed by atoms with E-state index in [9.17, 15) is 23.0 Å². The summed E-state index contributed by atoms with van der Waals surface area (Å²) in [7, 11) is -4.09. The highest BCUT2D eigenvalue weighted by Crippen LogP contribution is 2.38. The van der Waals surface area contributed by atoms with Crippen LogP contribution in [0.3, 0.4) is 0 Å². The predicted octanol–water partition coefficient (Wildman–Crippen LogP) is 2.46. The van der Waals surface area contributed by atoms with Crippen LogP contribution in [0.5, 0.6) is 11.5 Å². The monoisotopic (exact) mass is 489 g/mol. The summed E-state index contributed by atoms with van der Waals surface area (Å²) in [6.45, 7) is 9.52. The van der Waals surface area contributed by atoms with Gasteiger partial charge in [-0.15, -0.1) is 0 Å². The molecular formula is C23H24FN3O6S. The zero-order valence-corrected chi connectivity index (χ0v) is 19.4. The Morgan fingerprint density at radius 2 is 2.00 bits per heavy atom. The quantitative estimate of drug-likeness (QED) is 0.546. The van der Waals surface area contributed by atoms with E-state index < -0.39 is 40.7 Å². The smallest absolute Gasteiger partial charge is 0.243 e. The number of halogens is 1. The van der Waals surface area contributed by atoms with E-state index in [0.29, 0.717) is 0 Å². The number of aliphatic hydroxyl groups is 2. The number of benzene rings is 2. The van der Waals surface area contributed by atoms with Crippen molar-refractivity contribution in [1.82, 2.24) is 4.31 Å². The molecule has 11 heteroatoms. The fourth-order valence-corrected chi connectivity index (χ4v) is 4.89. The van der Waals surface area contributed by atoms with Gasteiger partial charge in [0.2, 0.25) is 15.7 Å². The fourth-order valence-electron chi connectivity index (χ4n) is 3.38. The van der Waals surface area contributed by atoms with Crippen LogP contribution < -0.4 is 9.47 Å². The van der Waals surface area contributed by atoms with Crippen LogP contribution in [0.15, 0.2) is 41.3 Å². The van der Waals surface area contributed by atoms with Crippen LogP contribution in [0, 0.1) is 29.6 Å². The molecule has 2 aromatic rings. The van der Waals surface area contributed by atoms with Gasteiger partial charge in [0.25, 0.3) is 0 Å². The Labute approximate surface area is 197 Å². The van der Waals surface area contributed by atoms with Crippen molar-refractivity contribution in [3.63, 3.8) is 0 Å². The van der Waals surface area contributed by atoms with Crippen LogP contribution in [-0.2, 0) is 10.0 Å². The highest BCUT2D eigenvalue weighted by molar-refractivity contribution is 7.89. The van der Waals surface area contributed by atoms with Crippen LogP contribution in [0.2, 0.25) is 0 Å². The van der Waals surface area contributed by atoms with Gasteiger partial charge in [0.1, 0.15) is 17.5 Å². The van der Waals surface area contributed by atoms with Crippen LogP contribution in [0.1, 0.15) is 19.4 Å². The number of ether oxygens (including phenoxy) is 2. The zero-order valence-electron chi connectivity index (χ0n) is 18.6. The summed E-state index contributed by atoms with van der Waals surface area (Å²) in [4.78, 5) is 3.01. The largest absolute Gasteiger partial charge is 0.491 e. The molecule has 1 aliphatic heterocycles. The van der Waals surface area contributed by atoms with E-state index in [1.807, 2.05) is 19.9 Å². The van der Waals surface area contributed by atoms with Crippen LogP contribution in [-0.4, -0.2) is 60.9 Å². The van der Waals surface area contributed by atoms with Crippen molar-refractivity contribution in [3.05, 3.63) is 59.2 Å².